The van der Waals surface area contributed by atoms with Crippen LogP contribution in [0.4, 0.5) is 5.69 Å². The molecule has 2 aromatic rings. The highest BCUT2D eigenvalue weighted by molar-refractivity contribution is 7.92. The number of anilines is 1. The van der Waals surface area contributed by atoms with Gasteiger partial charge in [0, 0.05) is 0 Å². The summed E-state index contributed by atoms with van der Waals surface area (Å²) >= 11 is 0. The highest BCUT2D eigenvalue weighted by Crippen LogP contribution is 2.23. The van der Waals surface area contributed by atoms with E-state index in [1.54, 1.807) is 19.1 Å². The molecule has 29 heavy (non-hydrogen) atoms. The number of benzene rings is 2. The number of aryl methyl sites for hydroxylation is 2. The molecule has 6 nitrogen and oxygen atoms in total. The number of para-hydroxylation sites is 1. The fourth-order valence-corrected chi connectivity index (χ4v) is 4.28. The normalized spacial score (nSPS) is 13.4. The molecular weight excluding hydrogens is 388 g/mol. The van der Waals surface area contributed by atoms with E-state index in [0.29, 0.717) is 12.1 Å². The number of carbonyl (C=O) groups excluding carboxylic acids is 1. The molecule has 2 atom stereocenters. The lowest BCUT2D eigenvalue weighted by molar-refractivity contribution is -0.123. The van der Waals surface area contributed by atoms with Gasteiger partial charge in [-0.2, -0.15) is 0 Å². The molecule has 0 fully saturated rings. The molecule has 0 saturated carbocycles. The molecule has 0 heterocycles. The van der Waals surface area contributed by atoms with Gasteiger partial charge in [0.25, 0.3) is 0 Å². The number of sulfonamides is 1. The Balaban J connectivity index is 2.12. The zero-order valence-corrected chi connectivity index (χ0v) is 18.5. The highest BCUT2D eigenvalue weighted by atomic mass is 32.2. The minimum atomic E-state index is -3.64. The van der Waals surface area contributed by atoms with Crippen LogP contribution in [0, 0.1) is 13.8 Å². The van der Waals surface area contributed by atoms with Crippen LogP contribution in [0.5, 0.6) is 5.75 Å². The largest absolute Gasteiger partial charge is 0.491 e. The summed E-state index contributed by atoms with van der Waals surface area (Å²) in [6.07, 6.45) is 1.46. The van der Waals surface area contributed by atoms with Crippen LogP contribution in [0.3, 0.4) is 0 Å². The van der Waals surface area contributed by atoms with Crippen molar-refractivity contribution in [1.29, 1.82) is 0 Å². The number of hydrogen-bond donors (Lipinski definition) is 1. The van der Waals surface area contributed by atoms with Gasteiger partial charge in [-0.3, -0.25) is 9.10 Å². The van der Waals surface area contributed by atoms with Crippen LogP contribution in [0.1, 0.15) is 31.4 Å². The van der Waals surface area contributed by atoms with Gasteiger partial charge in [0.2, 0.25) is 15.9 Å². The second-order valence-electron chi connectivity index (χ2n) is 7.30. The van der Waals surface area contributed by atoms with Gasteiger partial charge in [-0.05, 0) is 51.0 Å². The smallest absolute Gasteiger partial charge is 0.244 e. The van der Waals surface area contributed by atoms with Crippen molar-refractivity contribution in [2.45, 2.75) is 46.2 Å². The molecule has 0 radical (unpaired) electrons. The van der Waals surface area contributed by atoms with Crippen molar-refractivity contribution in [2.75, 3.05) is 17.2 Å². The monoisotopic (exact) mass is 418 g/mol. The maximum Gasteiger partial charge on any atom is 0.244 e. The first-order valence-electron chi connectivity index (χ1n) is 9.68. The Morgan fingerprint density at radius 2 is 1.72 bits per heavy atom. The van der Waals surface area contributed by atoms with Gasteiger partial charge < -0.3 is 10.1 Å². The Hall–Kier alpha value is -2.54. The van der Waals surface area contributed by atoms with E-state index < -0.39 is 16.1 Å². The maximum atomic E-state index is 12.9. The van der Waals surface area contributed by atoms with Crippen LogP contribution in [0.2, 0.25) is 0 Å². The van der Waals surface area contributed by atoms with Gasteiger partial charge in [0.15, 0.2) is 0 Å². The molecule has 1 N–H and O–H groups in total. The van der Waals surface area contributed by atoms with E-state index >= 15 is 0 Å². The summed E-state index contributed by atoms with van der Waals surface area (Å²) in [5, 5.41) is 2.88. The third-order valence-electron chi connectivity index (χ3n) is 4.59. The van der Waals surface area contributed by atoms with Crippen LogP contribution < -0.4 is 14.4 Å². The predicted molar refractivity (Wildman–Crippen MR) is 117 cm³/mol. The number of rotatable bonds is 9. The number of nitrogens with zero attached hydrogens (tertiary/aromatic N) is 1. The SMILES string of the molecule is CC[C@@H](C(=O)N[C@@H](C)COc1ccccc1C)N(c1ccc(C)cc1)S(C)(=O)=O. The molecule has 158 valence electrons. The third-order valence-corrected chi connectivity index (χ3v) is 5.77. The summed E-state index contributed by atoms with van der Waals surface area (Å²) in [5.74, 6) is 0.414. The van der Waals surface area contributed by atoms with Crippen molar-refractivity contribution < 1.29 is 17.9 Å². The molecule has 0 spiro atoms. The molecule has 2 aromatic carbocycles. The number of nitrogens with one attached hydrogen (secondary N) is 1. The lowest BCUT2D eigenvalue weighted by atomic mass is 10.1. The van der Waals surface area contributed by atoms with Crippen molar-refractivity contribution in [3.8, 4) is 5.75 Å². The quantitative estimate of drug-likeness (QED) is 0.677. The van der Waals surface area contributed by atoms with E-state index in [4.69, 9.17) is 4.74 Å². The minimum Gasteiger partial charge on any atom is -0.491 e. The van der Waals surface area contributed by atoms with Gasteiger partial charge in [0.1, 0.15) is 18.4 Å². The molecule has 7 heteroatoms. The zero-order valence-electron chi connectivity index (χ0n) is 17.7. The van der Waals surface area contributed by atoms with Gasteiger partial charge in [0.05, 0.1) is 18.0 Å². The fraction of sp³-hybridized carbons (Fsp3) is 0.409. The minimum absolute atomic E-state index is 0.282. The summed E-state index contributed by atoms with van der Waals surface area (Å²) in [7, 11) is -3.64. The Kier molecular flexibility index (Phi) is 7.67. The van der Waals surface area contributed by atoms with E-state index in [0.717, 1.165) is 23.1 Å². The van der Waals surface area contributed by atoms with Crippen LogP contribution in [0.25, 0.3) is 0 Å². The molecule has 0 unspecified atom stereocenters. The van der Waals surface area contributed by atoms with E-state index in [-0.39, 0.29) is 18.6 Å². The average molecular weight is 419 g/mol. The lowest BCUT2D eigenvalue weighted by Crippen LogP contribution is -2.52. The van der Waals surface area contributed by atoms with Crippen LogP contribution in [0.15, 0.2) is 48.5 Å². The maximum absolute atomic E-state index is 12.9. The first-order chi connectivity index (χ1) is 13.6. The lowest BCUT2D eigenvalue weighted by Gasteiger charge is -2.31. The van der Waals surface area contributed by atoms with Crippen LogP contribution in [-0.4, -0.2) is 39.3 Å². The van der Waals surface area contributed by atoms with E-state index in [1.165, 1.54) is 4.31 Å². The Morgan fingerprint density at radius 3 is 2.28 bits per heavy atom. The van der Waals surface area contributed by atoms with Gasteiger partial charge in [-0.1, -0.05) is 42.8 Å². The van der Waals surface area contributed by atoms with Crippen LogP contribution >= 0.6 is 0 Å². The molecule has 1 amide bonds. The van der Waals surface area contributed by atoms with E-state index in [9.17, 15) is 13.2 Å². The summed E-state index contributed by atoms with van der Waals surface area (Å²) in [6, 6.07) is 13.6. The van der Waals surface area contributed by atoms with Gasteiger partial charge in [-0.15, -0.1) is 0 Å². The Bertz CT molecular complexity index is 926. The molecule has 2 rings (SSSR count). The average Bonchev–Trinajstić information content (AvgIpc) is 2.65. The van der Waals surface area contributed by atoms with Crippen molar-refractivity contribution >= 4 is 21.6 Å². The van der Waals surface area contributed by atoms with Gasteiger partial charge in [-0.25, -0.2) is 8.42 Å². The molecule has 0 aromatic heterocycles. The van der Waals surface area contributed by atoms with E-state index in [1.807, 2.05) is 57.2 Å². The predicted octanol–water partition coefficient (Wildman–Crippen LogP) is 3.43. The fourth-order valence-electron chi connectivity index (χ4n) is 3.07. The number of hydrogen-bond acceptors (Lipinski definition) is 4. The molecule has 0 saturated heterocycles. The second-order valence-corrected chi connectivity index (χ2v) is 9.16. The number of ether oxygens (including phenoxy) is 1. The first-order valence-corrected chi connectivity index (χ1v) is 11.5. The van der Waals surface area contributed by atoms with Crippen molar-refractivity contribution in [1.82, 2.24) is 5.32 Å². The summed E-state index contributed by atoms with van der Waals surface area (Å²) in [4.78, 5) is 12.9. The Morgan fingerprint density at radius 1 is 1.10 bits per heavy atom. The topological polar surface area (TPSA) is 75.7 Å². The molecule has 0 aliphatic heterocycles. The summed E-state index contributed by atoms with van der Waals surface area (Å²) in [5.41, 5.74) is 2.51. The zero-order chi connectivity index (χ0) is 21.6. The second kappa shape index (κ2) is 9.78. The summed E-state index contributed by atoms with van der Waals surface area (Å²) in [6.45, 7) is 7.80. The van der Waals surface area contributed by atoms with Crippen LogP contribution in [-0.2, 0) is 14.8 Å². The number of amides is 1. The van der Waals surface area contributed by atoms with Crippen molar-refractivity contribution in [2.24, 2.45) is 0 Å². The number of carbonyl (C=O) groups is 1. The molecular formula is C22H30N2O4S. The molecule has 0 aliphatic rings. The van der Waals surface area contributed by atoms with E-state index in [2.05, 4.69) is 5.32 Å². The molecule has 0 aliphatic carbocycles. The first kappa shape index (κ1) is 22.7. The van der Waals surface area contributed by atoms with Gasteiger partial charge >= 0.3 is 0 Å². The molecule has 0 bridgehead atoms. The summed E-state index contributed by atoms with van der Waals surface area (Å²) < 4.78 is 31.9. The standard InChI is InChI=1S/C22H30N2O4S/c1-6-20(24(29(5,26)27)19-13-11-16(2)12-14-19)22(25)23-18(4)15-28-21-10-8-7-9-17(21)3/h7-14,18,20H,6,15H2,1-5H3,(H,23,25)/t18-,20-/m0/s1. The van der Waals surface area contributed by atoms with Crippen molar-refractivity contribution in [3.63, 3.8) is 0 Å². The highest BCUT2D eigenvalue weighted by Gasteiger charge is 2.32. The Labute approximate surface area is 173 Å². The van der Waals surface area contributed by atoms with Crippen molar-refractivity contribution in [3.05, 3.63) is 59.7 Å². The third kappa shape index (κ3) is 6.22.